The second kappa shape index (κ2) is 10.8. The Kier molecular flexibility index (Phi) is 8.15. The number of rotatable bonds is 9. The number of hydrogen-bond acceptors (Lipinski definition) is 5. The molecular weight excluding hydrogens is 428 g/mol. The molecule has 1 saturated carbocycles. The van der Waals surface area contributed by atoms with Crippen molar-refractivity contribution in [3.05, 3.63) is 53.6 Å². The van der Waals surface area contributed by atoms with Crippen molar-refractivity contribution < 1.29 is 22.7 Å². The largest absolute Gasteiger partial charge is 0.497 e. The number of carbonyl (C=O) groups excluding carboxylic acids is 1. The highest BCUT2D eigenvalue weighted by molar-refractivity contribution is 7.89. The maximum atomic E-state index is 13.7. The monoisotopic (exact) mass is 460 g/mol. The lowest BCUT2D eigenvalue weighted by molar-refractivity contribution is -0.121. The zero-order valence-corrected chi connectivity index (χ0v) is 19.8. The summed E-state index contributed by atoms with van der Waals surface area (Å²) in [5, 5.41) is 2.85. The Bertz CT molecular complexity index is 1020. The number of carbonyl (C=O) groups is 1. The molecule has 32 heavy (non-hydrogen) atoms. The van der Waals surface area contributed by atoms with Crippen LogP contribution in [0.4, 0.5) is 0 Å². The molecule has 0 radical (unpaired) electrons. The van der Waals surface area contributed by atoms with E-state index in [0.717, 1.165) is 49.0 Å². The van der Waals surface area contributed by atoms with Crippen molar-refractivity contribution in [2.45, 2.75) is 56.5 Å². The fourth-order valence-electron chi connectivity index (χ4n) is 4.03. The van der Waals surface area contributed by atoms with Crippen molar-refractivity contribution in [1.82, 2.24) is 9.62 Å². The molecule has 1 N–H and O–H groups in total. The number of nitrogens with one attached hydrogen (secondary N) is 1. The SMILES string of the molecule is COc1ccc(CNC(=O)CN(C2CCCCC2)S(=O)(=O)c2cc(C)ccc2OC)cc1. The van der Waals surface area contributed by atoms with Gasteiger partial charge in [0, 0.05) is 12.6 Å². The zero-order valence-electron chi connectivity index (χ0n) is 19.0. The van der Waals surface area contributed by atoms with Gasteiger partial charge in [-0.25, -0.2) is 8.42 Å². The van der Waals surface area contributed by atoms with E-state index < -0.39 is 10.0 Å². The van der Waals surface area contributed by atoms with Gasteiger partial charge in [-0.2, -0.15) is 4.31 Å². The van der Waals surface area contributed by atoms with Gasteiger partial charge >= 0.3 is 0 Å². The van der Waals surface area contributed by atoms with Crippen LogP contribution < -0.4 is 14.8 Å². The van der Waals surface area contributed by atoms with Crippen LogP contribution in [0.3, 0.4) is 0 Å². The maximum absolute atomic E-state index is 13.7. The van der Waals surface area contributed by atoms with Crippen molar-refractivity contribution >= 4 is 15.9 Å². The summed E-state index contributed by atoms with van der Waals surface area (Å²) in [7, 11) is -0.870. The summed E-state index contributed by atoms with van der Waals surface area (Å²) in [6.45, 7) is 1.93. The molecule has 0 unspecified atom stereocenters. The molecule has 0 bridgehead atoms. The van der Waals surface area contributed by atoms with Crippen LogP contribution in [-0.2, 0) is 21.4 Å². The summed E-state index contributed by atoms with van der Waals surface area (Å²) in [5.74, 6) is 0.693. The summed E-state index contributed by atoms with van der Waals surface area (Å²) in [5.41, 5.74) is 1.73. The second-order valence-corrected chi connectivity index (χ2v) is 9.98. The molecular formula is C24H32N2O5S. The molecule has 1 amide bonds. The summed E-state index contributed by atoms with van der Waals surface area (Å²) in [6.07, 6.45) is 4.49. The molecule has 174 valence electrons. The molecule has 1 fully saturated rings. The van der Waals surface area contributed by atoms with E-state index in [0.29, 0.717) is 6.54 Å². The van der Waals surface area contributed by atoms with Gasteiger partial charge in [0.15, 0.2) is 0 Å². The molecule has 1 aliphatic rings. The zero-order chi connectivity index (χ0) is 23.1. The molecule has 2 aromatic carbocycles. The number of benzene rings is 2. The minimum absolute atomic E-state index is 0.105. The van der Waals surface area contributed by atoms with Crippen LogP contribution in [0.2, 0.25) is 0 Å². The number of nitrogens with zero attached hydrogens (tertiary/aromatic N) is 1. The lowest BCUT2D eigenvalue weighted by atomic mass is 9.95. The highest BCUT2D eigenvalue weighted by atomic mass is 32.2. The van der Waals surface area contributed by atoms with E-state index in [1.807, 2.05) is 37.3 Å². The predicted octanol–water partition coefficient (Wildman–Crippen LogP) is 3.65. The lowest BCUT2D eigenvalue weighted by Crippen LogP contribution is -2.47. The minimum Gasteiger partial charge on any atom is -0.497 e. The first-order valence-corrected chi connectivity index (χ1v) is 12.3. The van der Waals surface area contributed by atoms with Crippen LogP contribution in [0.25, 0.3) is 0 Å². The van der Waals surface area contributed by atoms with Crippen molar-refractivity contribution in [2.24, 2.45) is 0 Å². The van der Waals surface area contributed by atoms with Crippen LogP contribution in [-0.4, -0.2) is 45.4 Å². The average Bonchev–Trinajstić information content (AvgIpc) is 2.82. The molecule has 0 aromatic heterocycles. The molecule has 1 aliphatic carbocycles. The first kappa shape index (κ1) is 24.1. The fraction of sp³-hybridized carbons (Fsp3) is 0.458. The summed E-state index contributed by atoms with van der Waals surface area (Å²) in [4.78, 5) is 12.9. The van der Waals surface area contributed by atoms with Gasteiger partial charge in [-0.05, 0) is 55.2 Å². The van der Waals surface area contributed by atoms with Gasteiger partial charge in [0.1, 0.15) is 16.4 Å². The molecule has 0 aliphatic heterocycles. The predicted molar refractivity (Wildman–Crippen MR) is 123 cm³/mol. The van der Waals surface area contributed by atoms with E-state index in [4.69, 9.17) is 9.47 Å². The van der Waals surface area contributed by atoms with Crippen molar-refractivity contribution in [3.63, 3.8) is 0 Å². The molecule has 8 heteroatoms. The maximum Gasteiger partial charge on any atom is 0.247 e. The van der Waals surface area contributed by atoms with Crippen LogP contribution in [0.5, 0.6) is 11.5 Å². The van der Waals surface area contributed by atoms with Crippen LogP contribution in [0.15, 0.2) is 47.4 Å². The van der Waals surface area contributed by atoms with Gasteiger partial charge in [0.05, 0.1) is 20.8 Å². The highest BCUT2D eigenvalue weighted by Gasteiger charge is 2.35. The Morgan fingerprint density at radius 2 is 1.72 bits per heavy atom. The van der Waals surface area contributed by atoms with Crippen molar-refractivity contribution in [1.29, 1.82) is 0 Å². The molecule has 0 saturated heterocycles. The second-order valence-electron chi connectivity index (χ2n) is 8.12. The van der Waals surface area contributed by atoms with Crippen LogP contribution in [0.1, 0.15) is 43.2 Å². The summed E-state index contributed by atoms with van der Waals surface area (Å²) < 4.78 is 39.2. The smallest absolute Gasteiger partial charge is 0.247 e. The van der Waals surface area contributed by atoms with Gasteiger partial charge in [0.2, 0.25) is 15.9 Å². The van der Waals surface area contributed by atoms with Crippen molar-refractivity contribution in [2.75, 3.05) is 20.8 Å². The number of sulfonamides is 1. The first-order chi connectivity index (χ1) is 15.3. The van der Waals surface area contributed by atoms with Gasteiger partial charge in [-0.3, -0.25) is 4.79 Å². The summed E-state index contributed by atoms with van der Waals surface area (Å²) in [6, 6.07) is 12.3. The third kappa shape index (κ3) is 5.81. The third-order valence-electron chi connectivity index (χ3n) is 5.84. The first-order valence-electron chi connectivity index (χ1n) is 10.9. The average molecular weight is 461 g/mol. The highest BCUT2D eigenvalue weighted by Crippen LogP contribution is 2.32. The molecule has 2 aromatic rings. The van der Waals surface area contributed by atoms with Gasteiger partial charge in [0.25, 0.3) is 0 Å². The van der Waals surface area contributed by atoms with E-state index in [9.17, 15) is 13.2 Å². The van der Waals surface area contributed by atoms with Gasteiger partial charge in [-0.1, -0.05) is 37.5 Å². The fourth-order valence-corrected chi connectivity index (χ4v) is 5.92. The Labute approximate surface area is 190 Å². The van der Waals surface area contributed by atoms with Crippen LogP contribution >= 0.6 is 0 Å². The molecule has 0 atom stereocenters. The number of hydrogen-bond donors (Lipinski definition) is 1. The third-order valence-corrected chi connectivity index (χ3v) is 7.76. The van der Waals surface area contributed by atoms with Crippen molar-refractivity contribution in [3.8, 4) is 11.5 Å². The molecule has 0 spiro atoms. The summed E-state index contributed by atoms with van der Waals surface area (Å²) >= 11 is 0. The number of aryl methyl sites for hydroxylation is 1. The van der Waals surface area contributed by atoms with E-state index in [1.54, 1.807) is 19.2 Å². The number of amides is 1. The minimum atomic E-state index is -3.92. The van der Waals surface area contributed by atoms with E-state index >= 15 is 0 Å². The van der Waals surface area contributed by atoms with Crippen LogP contribution in [0, 0.1) is 6.92 Å². The van der Waals surface area contributed by atoms with E-state index in [2.05, 4.69) is 5.32 Å². The van der Waals surface area contributed by atoms with E-state index in [-0.39, 0.29) is 29.1 Å². The van der Waals surface area contributed by atoms with Gasteiger partial charge < -0.3 is 14.8 Å². The number of methoxy groups -OCH3 is 2. The standard InChI is InChI=1S/C24H32N2O5S/c1-18-9-14-22(31-3)23(15-18)32(28,29)26(20-7-5-4-6-8-20)17-24(27)25-16-19-10-12-21(30-2)13-11-19/h9-15,20H,4-8,16-17H2,1-3H3,(H,25,27). The molecule has 0 heterocycles. The topological polar surface area (TPSA) is 84.9 Å². The van der Waals surface area contributed by atoms with E-state index in [1.165, 1.54) is 11.4 Å². The Morgan fingerprint density at radius 3 is 2.34 bits per heavy atom. The Hall–Kier alpha value is -2.58. The molecule has 3 rings (SSSR count). The normalized spacial score (nSPS) is 14.9. The Balaban J connectivity index is 1.81. The Morgan fingerprint density at radius 1 is 1.03 bits per heavy atom. The lowest BCUT2D eigenvalue weighted by Gasteiger charge is -2.33. The number of ether oxygens (including phenoxy) is 2. The van der Waals surface area contributed by atoms with Gasteiger partial charge in [-0.15, -0.1) is 0 Å². The quantitative estimate of drug-likeness (QED) is 0.617. The molecule has 7 nitrogen and oxygen atoms in total.